The molecule has 21 aliphatic heterocycles. The molecule has 21 N–H and O–H groups in total. The minimum atomic E-state index is -2.21. The monoisotopic (exact) mass is 1130 g/mol. The van der Waals surface area contributed by atoms with E-state index in [1.54, 1.807) is 0 Å². The van der Waals surface area contributed by atoms with E-state index in [9.17, 15) is 107 Å². The molecule has 35 atom stereocenters. The smallest absolute Gasteiger partial charge is 0.187 e. The lowest BCUT2D eigenvalue weighted by molar-refractivity contribution is -0.396. The minimum Gasteiger partial charge on any atom is -0.394 e. The highest BCUT2D eigenvalue weighted by molar-refractivity contribution is 5.01. The molecule has 14 bridgehead atoms. The molecular weight excluding hydrogens is 1060 g/mol. The Morgan fingerprint density at radius 2 is 0.260 bits per heavy atom. The molecule has 448 valence electrons. The summed E-state index contributed by atoms with van der Waals surface area (Å²) in [4.78, 5) is 0. The van der Waals surface area contributed by atoms with Gasteiger partial charge in [0.15, 0.2) is 44.0 Å². The number of hydrogen-bond acceptors (Lipinski definition) is 35. The highest BCUT2D eigenvalue weighted by Gasteiger charge is 2.59. The van der Waals surface area contributed by atoms with Crippen molar-refractivity contribution in [1.29, 1.82) is 0 Å². The normalized spacial score (nSPS) is 55.4. The van der Waals surface area contributed by atoms with Crippen LogP contribution in [-0.2, 0) is 66.3 Å². The Hall–Kier alpha value is -1.40. The molecule has 35 nitrogen and oxygen atoms in total. The van der Waals surface area contributed by atoms with E-state index in [1.165, 1.54) is 0 Å². The van der Waals surface area contributed by atoms with Crippen molar-refractivity contribution in [2.75, 3.05) is 46.2 Å². The molecule has 0 amide bonds. The van der Waals surface area contributed by atoms with Crippen LogP contribution in [-0.4, -0.2) is 368 Å². The highest BCUT2D eigenvalue weighted by atomic mass is 16.8. The molecule has 0 aromatic heterocycles. The predicted molar refractivity (Wildman–Crippen MR) is 228 cm³/mol. The summed E-state index contributed by atoms with van der Waals surface area (Å²) in [5.74, 6) is 0. The Kier molecular flexibility index (Phi) is 20.8. The van der Waals surface area contributed by atoms with Gasteiger partial charge in [-0.2, -0.15) is 0 Å². The molecule has 21 heterocycles. The van der Waals surface area contributed by atoms with Crippen LogP contribution in [0.1, 0.15) is 0 Å². The van der Waals surface area contributed by atoms with E-state index < -0.39 is 261 Å². The van der Waals surface area contributed by atoms with E-state index in [4.69, 9.17) is 66.3 Å². The van der Waals surface area contributed by atoms with Crippen molar-refractivity contribution in [3.8, 4) is 0 Å². The third-order valence-corrected chi connectivity index (χ3v) is 14.8. The van der Waals surface area contributed by atoms with E-state index in [0.29, 0.717) is 0 Å². The van der Waals surface area contributed by atoms with Crippen molar-refractivity contribution in [3.63, 3.8) is 0 Å². The number of aliphatic hydroxyl groups is 21. The Balaban J connectivity index is 1.08. The van der Waals surface area contributed by atoms with Gasteiger partial charge in [-0.25, -0.2) is 0 Å². The van der Waals surface area contributed by atoms with Gasteiger partial charge in [0.1, 0.15) is 171 Å². The van der Waals surface area contributed by atoms with Crippen LogP contribution in [0.4, 0.5) is 0 Å². The SMILES string of the molecule is OCC1O[C@H]2O[C@H]3C(CO)O[C@@H](O[C@H]4C(CO)O[C@@H](O[C@H]5C(CO)O[C@@H](O[C@H]6C(CO)O[C@@H](O[C@H]7C(CO)O[C@@H](O[C@H]8C(CO)O[C@@H](OC1C(O)C2O)C(O)[C@H]8O)C(O)[C@H]7O)C(O)[C@H]6O)C(O)[C@H]5O)C(O)[C@H]4O)C(O)[C@H]3O. The van der Waals surface area contributed by atoms with Crippen molar-refractivity contribution in [2.24, 2.45) is 0 Å². The Bertz CT molecular complexity index is 1470. The fourth-order valence-corrected chi connectivity index (χ4v) is 10.4. The lowest BCUT2D eigenvalue weighted by atomic mass is 9.95. The predicted octanol–water partition coefficient (Wildman–Crippen LogP) is -15.2. The second-order valence-corrected chi connectivity index (χ2v) is 19.7. The summed E-state index contributed by atoms with van der Waals surface area (Å²) in [6.07, 6.45) is -70.2. The summed E-state index contributed by atoms with van der Waals surface area (Å²) in [6, 6.07) is 0. The summed E-state index contributed by atoms with van der Waals surface area (Å²) in [7, 11) is 0. The minimum absolute atomic E-state index is 1.05. The summed E-state index contributed by atoms with van der Waals surface area (Å²) < 4.78 is 79.5. The van der Waals surface area contributed by atoms with Gasteiger partial charge >= 0.3 is 0 Å². The molecule has 21 aliphatic rings. The maximum atomic E-state index is 11.3. The molecule has 0 spiro atoms. The van der Waals surface area contributed by atoms with Crippen LogP contribution >= 0.6 is 0 Å². The van der Waals surface area contributed by atoms with E-state index in [-0.39, 0.29) is 0 Å². The molecule has 0 aromatic carbocycles. The average Bonchev–Trinajstić information content (AvgIpc) is 3.47. The maximum absolute atomic E-state index is 11.3. The van der Waals surface area contributed by atoms with Gasteiger partial charge in [-0.05, 0) is 0 Å². The van der Waals surface area contributed by atoms with Crippen LogP contribution in [0.3, 0.4) is 0 Å². The molecule has 0 aromatic rings. The van der Waals surface area contributed by atoms with Crippen LogP contribution in [0, 0.1) is 0 Å². The second kappa shape index (κ2) is 26.0. The van der Waals surface area contributed by atoms with Gasteiger partial charge < -0.3 is 174 Å². The van der Waals surface area contributed by atoms with Gasteiger partial charge in [-0.15, -0.1) is 0 Å². The number of hydrogen-bond donors (Lipinski definition) is 21. The average molecular weight is 1130 g/mol. The lowest BCUT2D eigenvalue weighted by Crippen LogP contribution is -2.68. The van der Waals surface area contributed by atoms with Gasteiger partial charge in [0, 0.05) is 0 Å². The largest absolute Gasteiger partial charge is 0.394 e. The van der Waals surface area contributed by atoms with Crippen molar-refractivity contribution in [2.45, 2.75) is 215 Å². The van der Waals surface area contributed by atoms with Crippen LogP contribution in [0.2, 0.25) is 0 Å². The van der Waals surface area contributed by atoms with E-state index in [2.05, 4.69) is 0 Å². The molecular formula is C42H70O35. The van der Waals surface area contributed by atoms with Crippen LogP contribution < -0.4 is 0 Å². The van der Waals surface area contributed by atoms with Gasteiger partial charge in [0.2, 0.25) is 0 Å². The van der Waals surface area contributed by atoms with Gasteiger partial charge in [0.05, 0.1) is 46.2 Å². The molecule has 0 radical (unpaired) electrons. The first-order valence-electron chi connectivity index (χ1n) is 24.6. The summed E-state index contributed by atoms with van der Waals surface area (Å²) in [6.45, 7) is -7.33. The highest BCUT2D eigenvalue weighted by Crippen LogP contribution is 2.39. The molecule has 21 fully saturated rings. The van der Waals surface area contributed by atoms with Crippen molar-refractivity contribution in [1.82, 2.24) is 0 Å². The van der Waals surface area contributed by atoms with Crippen molar-refractivity contribution >= 4 is 0 Å². The number of rotatable bonds is 7. The number of ether oxygens (including phenoxy) is 14. The van der Waals surface area contributed by atoms with E-state index in [1.807, 2.05) is 0 Å². The number of aliphatic hydroxyl groups excluding tert-OH is 21. The van der Waals surface area contributed by atoms with E-state index >= 15 is 0 Å². The first-order chi connectivity index (χ1) is 36.7. The fourth-order valence-electron chi connectivity index (χ4n) is 10.4. The van der Waals surface area contributed by atoms with Gasteiger partial charge in [0.25, 0.3) is 0 Å². The zero-order valence-electron chi connectivity index (χ0n) is 40.3. The van der Waals surface area contributed by atoms with Gasteiger partial charge in [-0.1, -0.05) is 0 Å². The molecule has 21 rings (SSSR count). The zero-order valence-corrected chi connectivity index (χ0v) is 40.3. The van der Waals surface area contributed by atoms with E-state index in [0.717, 1.165) is 0 Å². The molecule has 16 unspecified atom stereocenters. The van der Waals surface area contributed by atoms with Crippen LogP contribution in [0.15, 0.2) is 0 Å². The Labute approximate surface area is 434 Å². The quantitative estimate of drug-likeness (QED) is 0.113. The molecule has 77 heavy (non-hydrogen) atoms. The molecule has 21 saturated heterocycles. The van der Waals surface area contributed by atoms with Crippen LogP contribution in [0.5, 0.6) is 0 Å². The molecule has 0 aliphatic carbocycles. The first kappa shape index (κ1) is 61.7. The second-order valence-electron chi connectivity index (χ2n) is 19.7. The summed E-state index contributed by atoms with van der Waals surface area (Å²) in [5, 5.41) is 230. The fraction of sp³-hybridized carbons (Fsp3) is 1.00. The Morgan fingerprint density at radius 3 is 0.351 bits per heavy atom. The lowest BCUT2D eigenvalue weighted by Gasteiger charge is -2.50. The van der Waals surface area contributed by atoms with Crippen LogP contribution in [0.25, 0.3) is 0 Å². The first-order valence-corrected chi connectivity index (χ1v) is 24.6. The summed E-state index contributed by atoms with van der Waals surface area (Å²) >= 11 is 0. The molecule has 35 heteroatoms. The van der Waals surface area contributed by atoms with Crippen molar-refractivity contribution in [3.05, 3.63) is 0 Å². The third-order valence-electron chi connectivity index (χ3n) is 14.8. The standard InChI is InChI=1S/C42H70O35/c43-1-8-29-15(50)22(57)36(64-8)72-30-9(2-44)66-38(24(59)17(30)52)74-32-11(4-46)68-40(26(61)19(32)54)76-34-13(6-48)70-42(28(63)21(34)56)77-35-14(7-49)69-41(27(62)20(35)55)75-33-12(5-47)67-39(25(60)18(33)53)73-31-10(3-45)65-37(71-29)23(58)16(31)51/h8-63H,1-7H2/t8?,9?,10?,11?,12?,13?,14?,15-,16-,17-,18-,19-,20-,21?,22?,23?,24?,25?,26?,27?,28?,29+,30+,31+,32+,33+,34?,35+,36+,37+,38+,39+,40+,41+,42+/m1/s1. The third kappa shape index (κ3) is 12.1. The Morgan fingerprint density at radius 1 is 0.156 bits per heavy atom. The van der Waals surface area contributed by atoms with Crippen molar-refractivity contribution < 1.29 is 174 Å². The zero-order chi connectivity index (χ0) is 56.1. The topological polar surface area (TPSA) is 554 Å². The van der Waals surface area contributed by atoms with Gasteiger partial charge in [-0.3, -0.25) is 0 Å². The maximum Gasteiger partial charge on any atom is 0.187 e. The summed E-state index contributed by atoms with van der Waals surface area (Å²) in [5.41, 5.74) is 0. The molecule has 0 saturated carbocycles.